The van der Waals surface area contributed by atoms with E-state index in [0.29, 0.717) is 35.2 Å². The molecule has 1 fully saturated rings. The minimum Gasteiger partial charge on any atom is -0.398 e. The van der Waals surface area contributed by atoms with Crippen LogP contribution in [-0.2, 0) is 27.4 Å². The molecule has 0 saturated heterocycles. The third-order valence-corrected chi connectivity index (χ3v) is 7.85. The van der Waals surface area contributed by atoms with E-state index in [1.807, 2.05) is 6.07 Å². The van der Waals surface area contributed by atoms with E-state index in [-0.39, 0.29) is 12.1 Å². The second-order valence-corrected chi connectivity index (χ2v) is 12.1. The fourth-order valence-corrected chi connectivity index (χ4v) is 5.87. The quantitative estimate of drug-likeness (QED) is 0.252. The molecular formula is C29H32F3N3O4S. The molecule has 40 heavy (non-hydrogen) atoms. The number of amides is 1. The number of nitrogen functional groups attached to an aromatic ring is 1. The number of hydrogen-bond donors (Lipinski definition) is 4. The van der Waals surface area contributed by atoms with Gasteiger partial charge >= 0.3 is 6.18 Å². The minimum atomic E-state index is -4.70. The van der Waals surface area contributed by atoms with Gasteiger partial charge in [-0.25, -0.2) is 8.42 Å². The summed E-state index contributed by atoms with van der Waals surface area (Å²) in [6.07, 6.45) is 0.0503. The van der Waals surface area contributed by atoms with Gasteiger partial charge in [0.15, 0.2) is 0 Å². The first kappa shape index (κ1) is 29.4. The van der Waals surface area contributed by atoms with E-state index in [0.717, 1.165) is 37.7 Å². The summed E-state index contributed by atoms with van der Waals surface area (Å²) in [6.45, 7) is 0. The lowest BCUT2D eigenvalue weighted by atomic mass is 9.72. The average molecular weight is 576 g/mol. The number of halogens is 3. The summed E-state index contributed by atoms with van der Waals surface area (Å²) in [5.74, 6) is -1.21. The highest BCUT2D eigenvalue weighted by Crippen LogP contribution is 2.39. The Bertz CT molecular complexity index is 1490. The van der Waals surface area contributed by atoms with E-state index in [4.69, 9.17) is 5.73 Å². The summed E-state index contributed by atoms with van der Waals surface area (Å²) in [7, 11) is -3.51. The van der Waals surface area contributed by atoms with E-state index in [9.17, 15) is 31.5 Å². The number of carbonyl (C=O) groups excluding carboxylic acids is 1. The van der Waals surface area contributed by atoms with Gasteiger partial charge in [0.25, 0.3) is 5.91 Å². The Morgan fingerprint density at radius 1 is 0.975 bits per heavy atom. The Labute approximate surface area is 231 Å². The fourth-order valence-electron chi connectivity index (χ4n) is 5.32. The van der Waals surface area contributed by atoms with Crippen LogP contribution in [0.2, 0.25) is 0 Å². The number of aliphatic hydroxyl groups is 1. The molecule has 5 N–H and O–H groups in total. The number of anilines is 3. The Hall–Kier alpha value is -3.57. The van der Waals surface area contributed by atoms with Crippen molar-refractivity contribution in [1.29, 1.82) is 0 Å². The van der Waals surface area contributed by atoms with E-state index < -0.39 is 44.9 Å². The molecule has 1 unspecified atom stereocenters. The molecule has 1 aliphatic carbocycles. The van der Waals surface area contributed by atoms with E-state index in [1.165, 1.54) is 6.07 Å². The molecule has 1 saturated carbocycles. The smallest absolute Gasteiger partial charge is 0.398 e. The highest BCUT2D eigenvalue weighted by molar-refractivity contribution is 7.92. The monoisotopic (exact) mass is 575 g/mol. The van der Waals surface area contributed by atoms with Crippen molar-refractivity contribution in [3.8, 4) is 11.1 Å². The van der Waals surface area contributed by atoms with Crippen molar-refractivity contribution in [2.75, 3.05) is 22.0 Å². The normalized spacial score (nSPS) is 16.2. The SMILES string of the molecule is CS(=O)(=O)Nc1cccc(-c2ccccc2CC(O)(C(=O)Nc2ccc(N)c(C(F)(F)F)c2)C2CCCCC2)c1. The maximum Gasteiger partial charge on any atom is 0.418 e. The first-order valence-corrected chi connectivity index (χ1v) is 14.8. The van der Waals surface area contributed by atoms with Crippen LogP contribution in [0.25, 0.3) is 11.1 Å². The average Bonchev–Trinajstić information content (AvgIpc) is 2.89. The van der Waals surface area contributed by atoms with Gasteiger partial charge in [-0.15, -0.1) is 0 Å². The van der Waals surface area contributed by atoms with Crippen LogP contribution in [0, 0.1) is 5.92 Å². The van der Waals surface area contributed by atoms with Crippen molar-refractivity contribution in [2.24, 2.45) is 5.92 Å². The molecule has 0 heterocycles. The highest BCUT2D eigenvalue weighted by Gasteiger charge is 2.45. The molecule has 1 amide bonds. The van der Waals surface area contributed by atoms with Crippen molar-refractivity contribution in [2.45, 2.75) is 50.3 Å². The minimum absolute atomic E-state index is 0.0928. The van der Waals surface area contributed by atoms with Crippen molar-refractivity contribution < 1.29 is 31.5 Å². The number of sulfonamides is 1. The molecule has 3 aromatic rings. The number of carbonyl (C=O) groups is 1. The standard InChI is InChI=1S/C29H32F3N3O4S/c1-40(38,39)35-23-12-7-9-19(16-23)24-13-6-5-8-20(24)18-28(37,21-10-3-2-4-11-21)27(36)34-22-14-15-26(33)25(17-22)29(30,31)32/h5-9,12-17,21,35,37H,2-4,10-11,18,33H2,1H3,(H,34,36). The largest absolute Gasteiger partial charge is 0.418 e. The van der Waals surface area contributed by atoms with Crippen LogP contribution in [0.15, 0.2) is 66.7 Å². The van der Waals surface area contributed by atoms with Crippen molar-refractivity contribution >= 4 is 33.0 Å². The second-order valence-electron chi connectivity index (χ2n) is 10.3. The molecule has 0 bridgehead atoms. The lowest BCUT2D eigenvalue weighted by Gasteiger charge is -2.38. The highest BCUT2D eigenvalue weighted by atomic mass is 32.2. The van der Waals surface area contributed by atoms with Crippen LogP contribution in [0.5, 0.6) is 0 Å². The molecule has 0 spiro atoms. The number of hydrogen-bond acceptors (Lipinski definition) is 5. The molecule has 4 rings (SSSR count). The third-order valence-electron chi connectivity index (χ3n) is 7.24. The predicted octanol–water partition coefficient (Wildman–Crippen LogP) is 5.82. The number of alkyl halides is 3. The summed E-state index contributed by atoms with van der Waals surface area (Å²) >= 11 is 0. The maximum atomic E-state index is 13.7. The van der Waals surface area contributed by atoms with Crippen LogP contribution < -0.4 is 15.8 Å². The Morgan fingerprint density at radius 2 is 1.68 bits per heavy atom. The molecule has 1 aliphatic rings. The zero-order valence-corrected chi connectivity index (χ0v) is 22.8. The van der Waals surface area contributed by atoms with Crippen LogP contribution >= 0.6 is 0 Å². The molecule has 0 radical (unpaired) electrons. The fraction of sp³-hybridized carbons (Fsp3) is 0.345. The number of benzene rings is 3. The van der Waals surface area contributed by atoms with Gasteiger partial charge in [-0.05, 0) is 65.8 Å². The Kier molecular flexibility index (Phi) is 8.46. The molecule has 214 valence electrons. The van der Waals surface area contributed by atoms with Crippen molar-refractivity contribution in [1.82, 2.24) is 0 Å². The summed E-state index contributed by atoms with van der Waals surface area (Å²) in [6, 6.07) is 17.0. The third kappa shape index (κ3) is 6.95. The van der Waals surface area contributed by atoms with Gasteiger partial charge in [0.2, 0.25) is 10.0 Å². The molecule has 0 aliphatic heterocycles. The van der Waals surface area contributed by atoms with Gasteiger partial charge in [0.05, 0.1) is 11.8 Å². The van der Waals surface area contributed by atoms with Gasteiger partial charge in [0.1, 0.15) is 5.60 Å². The maximum absolute atomic E-state index is 13.7. The van der Waals surface area contributed by atoms with Gasteiger partial charge in [-0.1, -0.05) is 55.7 Å². The lowest BCUT2D eigenvalue weighted by molar-refractivity contribution is -0.141. The number of rotatable bonds is 8. The summed E-state index contributed by atoms with van der Waals surface area (Å²) in [5.41, 5.74) is 4.29. The van der Waals surface area contributed by atoms with Gasteiger partial charge in [-0.3, -0.25) is 9.52 Å². The van der Waals surface area contributed by atoms with Gasteiger partial charge in [-0.2, -0.15) is 13.2 Å². The van der Waals surface area contributed by atoms with Crippen LogP contribution in [-0.4, -0.2) is 31.3 Å². The Balaban J connectivity index is 1.70. The molecule has 7 nitrogen and oxygen atoms in total. The molecule has 3 aromatic carbocycles. The lowest BCUT2D eigenvalue weighted by Crippen LogP contribution is -2.51. The molecule has 1 atom stereocenters. The molecule has 0 aromatic heterocycles. The van der Waals surface area contributed by atoms with Crippen LogP contribution in [0.1, 0.15) is 43.2 Å². The number of nitrogens with one attached hydrogen (secondary N) is 2. The second kappa shape index (κ2) is 11.5. The van der Waals surface area contributed by atoms with Gasteiger partial charge in [0, 0.05) is 23.5 Å². The first-order valence-electron chi connectivity index (χ1n) is 12.9. The molecule has 11 heteroatoms. The Morgan fingerprint density at radius 3 is 2.35 bits per heavy atom. The van der Waals surface area contributed by atoms with Crippen LogP contribution in [0.3, 0.4) is 0 Å². The first-order chi connectivity index (χ1) is 18.8. The van der Waals surface area contributed by atoms with E-state index in [1.54, 1.807) is 42.5 Å². The van der Waals surface area contributed by atoms with Crippen LogP contribution in [0.4, 0.5) is 30.2 Å². The summed E-state index contributed by atoms with van der Waals surface area (Å²) < 4.78 is 66.2. The topological polar surface area (TPSA) is 122 Å². The van der Waals surface area contributed by atoms with E-state index in [2.05, 4.69) is 10.0 Å². The zero-order valence-electron chi connectivity index (χ0n) is 22.0. The molecular weight excluding hydrogens is 543 g/mol. The number of nitrogens with two attached hydrogens (primary N) is 1. The van der Waals surface area contributed by atoms with E-state index >= 15 is 0 Å². The van der Waals surface area contributed by atoms with Gasteiger partial charge < -0.3 is 16.2 Å². The predicted molar refractivity (Wildman–Crippen MR) is 150 cm³/mol. The van der Waals surface area contributed by atoms with Crippen molar-refractivity contribution in [3.63, 3.8) is 0 Å². The summed E-state index contributed by atoms with van der Waals surface area (Å²) in [4.78, 5) is 13.7. The summed E-state index contributed by atoms with van der Waals surface area (Å²) in [5, 5.41) is 14.5. The zero-order chi connectivity index (χ0) is 29.1. The van der Waals surface area contributed by atoms with Crippen molar-refractivity contribution in [3.05, 3.63) is 77.9 Å².